The van der Waals surface area contributed by atoms with Crippen molar-refractivity contribution in [1.82, 2.24) is 9.47 Å². The highest BCUT2D eigenvalue weighted by Crippen LogP contribution is 2.24. The third-order valence-electron chi connectivity index (χ3n) is 3.32. The van der Waals surface area contributed by atoms with E-state index in [2.05, 4.69) is 55.7 Å². The molecule has 0 N–H and O–H groups in total. The number of rotatable bonds is 2. The largest absolute Gasteiger partial charge is 0.375 e. The lowest BCUT2D eigenvalue weighted by Crippen LogP contribution is -2.54. The fraction of sp³-hybridized carbons (Fsp3) is 0.692. The van der Waals surface area contributed by atoms with Crippen LogP contribution in [0.3, 0.4) is 0 Å². The number of aromatic nitrogens is 1. The summed E-state index contributed by atoms with van der Waals surface area (Å²) in [7, 11) is 2.07. The molecule has 0 spiro atoms. The molecule has 0 saturated carbocycles. The van der Waals surface area contributed by atoms with Crippen LogP contribution in [0.2, 0.25) is 0 Å². The molecule has 1 aromatic rings. The van der Waals surface area contributed by atoms with E-state index in [4.69, 9.17) is 4.74 Å². The standard InChI is InChI=1S/C13H22N2O/c1-11-7-15(13(2,3)10-16-11)9-12-5-6-14(4)8-12/h5-6,8,11H,7,9-10H2,1-4H3. The molecule has 2 rings (SSSR count). The summed E-state index contributed by atoms with van der Waals surface area (Å²) < 4.78 is 7.82. The molecule has 0 bridgehead atoms. The van der Waals surface area contributed by atoms with Crippen LogP contribution in [0.5, 0.6) is 0 Å². The van der Waals surface area contributed by atoms with Gasteiger partial charge in [-0.05, 0) is 32.4 Å². The maximum absolute atomic E-state index is 5.72. The van der Waals surface area contributed by atoms with E-state index in [0.717, 1.165) is 19.7 Å². The number of morpholine rings is 1. The molecular weight excluding hydrogens is 200 g/mol. The lowest BCUT2D eigenvalue weighted by atomic mass is 10.0. The summed E-state index contributed by atoms with van der Waals surface area (Å²) in [6.45, 7) is 9.50. The van der Waals surface area contributed by atoms with E-state index in [1.54, 1.807) is 0 Å². The predicted molar refractivity (Wildman–Crippen MR) is 65.3 cm³/mol. The molecule has 1 aliphatic rings. The summed E-state index contributed by atoms with van der Waals surface area (Å²) in [6, 6.07) is 2.19. The highest BCUT2D eigenvalue weighted by Gasteiger charge is 2.33. The monoisotopic (exact) mass is 222 g/mol. The van der Waals surface area contributed by atoms with Gasteiger partial charge in [-0.1, -0.05) is 0 Å². The molecule has 1 saturated heterocycles. The molecule has 16 heavy (non-hydrogen) atoms. The molecule has 0 radical (unpaired) electrons. The van der Waals surface area contributed by atoms with Crippen molar-refractivity contribution in [3.8, 4) is 0 Å². The molecule has 1 aliphatic heterocycles. The fourth-order valence-corrected chi connectivity index (χ4v) is 2.20. The van der Waals surface area contributed by atoms with Crippen molar-refractivity contribution in [3.05, 3.63) is 24.0 Å². The van der Waals surface area contributed by atoms with Crippen LogP contribution in [0.4, 0.5) is 0 Å². The van der Waals surface area contributed by atoms with E-state index in [1.165, 1.54) is 5.56 Å². The van der Waals surface area contributed by atoms with Crippen LogP contribution in [0.15, 0.2) is 18.5 Å². The van der Waals surface area contributed by atoms with Crippen molar-refractivity contribution < 1.29 is 4.74 Å². The Hall–Kier alpha value is -0.800. The van der Waals surface area contributed by atoms with Gasteiger partial charge in [0.2, 0.25) is 0 Å². The van der Waals surface area contributed by atoms with Crippen molar-refractivity contribution in [2.75, 3.05) is 13.2 Å². The van der Waals surface area contributed by atoms with E-state index in [-0.39, 0.29) is 5.54 Å². The van der Waals surface area contributed by atoms with E-state index in [9.17, 15) is 0 Å². The first-order valence-electron chi connectivity index (χ1n) is 5.95. The molecule has 1 unspecified atom stereocenters. The van der Waals surface area contributed by atoms with Gasteiger partial charge in [-0.2, -0.15) is 0 Å². The van der Waals surface area contributed by atoms with E-state index < -0.39 is 0 Å². The Balaban J connectivity index is 2.06. The smallest absolute Gasteiger partial charge is 0.0675 e. The van der Waals surface area contributed by atoms with Crippen LogP contribution in [-0.4, -0.2) is 34.3 Å². The summed E-state index contributed by atoms with van der Waals surface area (Å²) in [4.78, 5) is 2.51. The van der Waals surface area contributed by atoms with Gasteiger partial charge < -0.3 is 9.30 Å². The lowest BCUT2D eigenvalue weighted by Gasteiger charge is -2.44. The van der Waals surface area contributed by atoms with Crippen LogP contribution in [0, 0.1) is 0 Å². The number of hydrogen-bond acceptors (Lipinski definition) is 2. The van der Waals surface area contributed by atoms with Gasteiger partial charge in [-0.3, -0.25) is 4.90 Å². The van der Waals surface area contributed by atoms with Crippen LogP contribution in [-0.2, 0) is 18.3 Å². The Morgan fingerprint density at radius 2 is 2.25 bits per heavy atom. The molecule has 3 heteroatoms. The molecule has 1 aromatic heterocycles. The predicted octanol–water partition coefficient (Wildman–Crippen LogP) is 2.02. The maximum Gasteiger partial charge on any atom is 0.0675 e. The molecule has 1 atom stereocenters. The second-order valence-corrected chi connectivity index (χ2v) is 5.50. The molecule has 3 nitrogen and oxygen atoms in total. The minimum Gasteiger partial charge on any atom is -0.375 e. The average Bonchev–Trinajstić information content (AvgIpc) is 2.59. The summed E-state index contributed by atoms with van der Waals surface area (Å²) >= 11 is 0. The van der Waals surface area contributed by atoms with E-state index in [1.807, 2.05) is 0 Å². The Kier molecular flexibility index (Phi) is 3.08. The topological polar surface area (TPSA) is 17.4 Å². The molecule has 2 heterocycles. The van der Waals surface area contributed by atoms with Crippen molar-refractivity contribution in [1.29, 1.82) is 0 Å². The molecule has 0 aliphatic carbocycles. The summed E-state index contributed by atoms with van der Waals surface area (Å²) in [6.07, 6.45) is 4.64. The van der Waals surface area contributed by atoms with Gasteiger partial charge in [0.15, 0.2) is 0 Å². The zero-order valence-electron chi connectivity index (χ0n) is 10.7. The van der Waals surface area contributed by atoms with Crippen molar-refractivity contribution >= 4 is 0 Å². The molecular formula is C13H22N2O. The Morgan fingerprint density at radius 3 is 2.88 bits per heavy atom. The van der Waals surface area contributed by atoms with Crippen molar-refractivity contribution in [2.45, 2.75) is 39.0 Å². The summed E-state index contributed by atoms with van der Waals surface area (Å²) in [5.41, 5.74) is 1.52. The van der Waals surface area contributed by atoms with Crippen LogP contribution in [0.25, 0.3) is 0 Å². The highest BCUT2D eigenvalue weighted by atomic mass is 16.5. The van der Waals surface area contributed by atoms with Crippen molar-refractivity contribution in [2.24, 2.45) is 7.05 Å². The zero-order valence-corrected chi connectivity index (χ0v) is 10.7. The summed E-state index contributed by atoms with van der Waals surface area (Å²) in [5, 5.41) is 0. The lowest BCUT2D eigenvalue weighted by molar-refractivity contribution is -0.0949. The summed E-state index contributed by atoms with van der Waals surface area (Å²) in [5.74, 6) is 0. The van der Waals surface area contributed by atoms with Crippen LogP contribution >= 0.6 is 0 Å². The molecule has 0 aromatic carbocycles. The number of hydrogen-bond donors (Lipinski definition) is 0. The van der Waals surface area contributed by atoms with E-state index >= 15 is 0 Å². The average molecular weight is 222 g/mol. The SMILES string of the molecule is CC1CN(Cc2ccn(C)c2)C(C)(C)CO1. The fourth-order valence-electron chi connectivity index (χ4n) is 2.20. The Morgan fingerprint density at radius 1 is 1.50 bits per heavy atom. The Bertz CT molecular complexity index is 357. The first kappa shape index (κ1) is 11.7. The van der Waals surface area contributed by atoms with Crippen molar-refractivity contribution in [3.63, 3.8) is 0 Å². The maximum atomic E-state index is 5.72. The van der Waals surface area contributed by atoms with Gasteiger partial charge in [0.05, 0.1) is 12.7 Å². The van der Waals surface area contributed by atoms with E-state index in [0.29, 0.717) is 6.10 Å². The Labute approximate surface area is 98.0 Å². The van der Waals surface area contributed by atoms with Crippen LogP contribution < -0.4 is 0 Å². The van der Waals surface area contributed by atoms with Gasteiger partial charge in [-0.15, -0.1) is 0 Å². The van der Waals surface area contributed by atoms with Gasteiger partial charge in [0.25, 0.3) is 0 Å². The van der Waals surface area contributed by atoms with Gasteiger partial charge in [0, 0.05) is 38.1 Å². The quantitative estimate of drug-likeness (QED) is 0.761. The zero-order chi connectivity index (χ0) is 11.8. The minimum absolute atomic E-state index is 0.141. The minimum atomic E-state index is 0.141. The molecule has 90 valence electrons. The normalized spacial score (nSPS) is 25.9. The number of ether oxygens (including phenoxy) is 1. The second kappa shape index (κ2) is 4.22. The molecule has 1 fully saturated rings. The number of aryl methyl sites for hydroxylation is 1. The first-order valence-corrected chi connectivity index (χ1v) is 5.95. The first-order chi connectivity index (χ1) is 7.47. The number of nitrogens with zero attached hydrogens (tertiary/aromatic N) is 2. The third kappa shape index (κ3) is 2.47. The second-order valence-electron chi connectivity index (χ2n) is 5.50. The molecule has 0 amide bonds. The highest BCUT2D eigenvalue weighted by molar-refractivity contribution is 5.10. The third-order valence-corrected chi connectivity index (χ3v) is 3.32. The van der Waals surface area contributed by atoms with Gasteiger partial charge in [0.1, 0.15) is 0 Å². The van der Waals surface area contributed by atoms with Gasteiger partial charge >= 0.3 is 0 Å². The van der Waals surface area contributed by atoms with Crippen LogP contribution in [0.1, 0.15) is 26.3 Å². The van der Waals surface area contributed by atoms with Gasteiger partial charge in [-0.25, -0.2) is 0 Å².